The molecule has 4 rings (SSSR count). The topological polar surface area (TPSA) is 77.1 Å². The summed E-state index contributed by atoms with van der Waals surface area (Å²) in [7, 11) is 1.67. The van der Waals surface area contributed by atoms with E-state index >= 15 is 0 Å². The number of halogens is 3. The summed E-state index contributed by atoms with van der Waals surface area (Å²) in [5.74, 6) is -1.08. The van der Waals surface area contributed by atoms with Crippen LogP contribution in [0.4, 0.5) is 18.9 Å². The highest BCUT2D eigenvalue weighted by molar-refractivity contribution is 6.09. The van der Waals surface area contributed by atoms with Gasteiger partial charge in [-0.05, 0) is 34.9 Å². The van der Waals surface area contributed by atoms with Gasteiger partial charge in [0.15, 0.2) is 0 Å². The fraction of sp³-hybridized carbons (Fsp3) is 0.111. The van der Waals surface area contributed by atoms with Gasteiger partial charge in [0.25, 0.3) is 11.8 Å². The number of hydrogen-bond donors (Lipinski definition) is 2. The smallest absolute Gasteiger partial charge is 0.364 e. The molecular formula is C27H22F3N3O2. The number of carbonyl (C=O) groups is 2. The van der Waals surface area contributed by atoms with Crippen LogP contribution >= 0.6 is 0 Å². The number of aryl methyl sites for hydroxylation is 1. The van der Waals surface area contributed by atoms with Gasteiger partial charge in [0.05, 0.1) is 11.3 Å². The number of benzene rings is 3. The predicted molar refractivity (Wildman–Crippen MR) is 128 cm³/mol. The van der Waals surface area contributed by atoms with Crippen molar-refractivity contribution in [2.45, 2.75) is 12.6 Å². The molecule has 0 spiro atoms. The number of anilines is 1. The maximum Gasteiger partial charge on any atom is 0.416 e. The van der Waals surface area contributed by atoms with Crippen molar-refractivity contribution in [1.29, 1.82) is 0 Å². The number of alkyl halides is 3. The number of nitrogens with two attached hydrogens (primary N) is 1. The molecule has 4 aromatic rings. The first-order chi connectivity index (χ1) is 16.6. The summed E-state index contributed by atoms with van der Waals surface area (Å²) in [5, 5.41) is 2.86. The third-order valence-corrected chi connectivity index (χ3v) is 5.69. The lowest BCUT2D eigenvalue weighted by molar-refractivity contribution is -0.137. The van der Waals surface area contributed by atoms with E-state index in [1.165, 1.54) is 12.1 Å². The van der Waals surface area contributed by atoms with E-state index < -0.39 is 23.6 Å². The molecule has 1 heterocycles. The maximum atomic E-state index is 13.3. The minimum Gasteiger partial charge on any atom is -0.364 e. The van der Waals surface area contributed by atoms with Crippen molar-refractivity contribution in [1.82, 2.24) is 4.57 Å². The van der Waals surface area contributed by atoms with E-state index in [1.54, 1.807) is 42.1 Å². The molecule has 0 aliphatic heterocycles. The molecule has 0 aliphatic rings. The zero-order valence-corrected chi connectivity index (χ0v) is 18.8. The lowest BCUT2D eigenvalue weighted by Gasteiger charge is -2.13. The number of amides is 2. The van der Waals surface area contributed by atoms with E-state index in [-0.39, 0.29) is 11.3 Å². The van der Waals surface area contributed by atoms with Gasteiger partial charge in [-0.25, -0.2) is 0 Å². The quantitative estimate of drug-likeness (QED) is 0.376. The highest BCUT2D eigenvalue weighted by atomic mass is 19.4. The summed E-state index contributed by atoms with van der Waals surface area (Å²) in [6, 6.07) is 20.7. The van der Waals surface area contributed by atoms with Crippen molar-refractivity contribution in [2.75, 3.05) is 5.32 Å². The Morgan fingerprint density at radius 1 is 0.914 bits per heavy atom. The Morgan fingerprint density at radius 2 is 1.54 bits per heavy atom. The molecule has 0 saturated heterocycles. The Hall–Kier alpha value is -4.33. The van der Waals surface area contributed by atoms with Crippen LogP contribution in [0.2, 0.25) is 0 Å². The van der Waals surface area contributed by atoms with E-state index in [4.69, 9.17) is 5.73 Å². The van der Waals surface area contributed by atoms with E-state index in [1.807, 2.05) is 30.3 Å². The van der Waals surface area contributed by atoms with E-state index in [0.717, 1.165) is 17.7 Å². The number of primary amides is 1. The molecule has 0 radical (unpaired) electrons. The molecule has 3 aromatic carbocycles. The second-order valence-corrected chi connectivity index (χ2v) is 8.08. The van der Waals surface area contributed by atoms with Crippen LogP contribution in [-0.2, 0) is 19.6 Å². The van der Waals surface area contributed by atoms with Gasteiger partial charge in [0.2, 0.25) is 0 Å². The number of rotatable bonds is 6. The fourth-order valence-corrected chi connectivity index (χ4v) is 4.05. The molecule has 0 fully saturated rings. The molecule has 3 N–H and O–H groups in total. The average molecular weight is 477 g/mol. The Bertz CT molecular complexity index is 1380. The highest BCUT2D eigenvalue weighted by Gasteiger charge is 2.30. The summed E-state index contributed by atoms with van der Waals surface area (Å²) in [6.07, 6.45) is -2.46. The Balaban J connectivity index is 1.69. The van der Waals surface area contributed by atoms with Gasteiger partial charge in [0, 0.05) is 30.8 Å². The molecule has 0 saturated carbocycles. The van der Waals surface area contributed by atoms with Crippen LogP contribution in [0.3, 0.4) is 0 Å². The second kappa shape index (κ2) is 9.50. The molecule has 0 unspecified atom stereocenters. The summed E-state index contributed by atoms with van der Waals surface area (Å²) < 4.78 is 40.4. The number of nitrogens with one attached hydrogen (secondary N) is 1. The van der Waals surface area contributed by atoms with Gasteiger partial charge in [0.1, 0.15) is 5.69 Å². The third-order valence-electron chi connectivity index (χ3n) is 5.69. The number of aromatic nitrogens is 1. The molecule has 2 amide bonds. The molecule has 35 heavy (non-hydrogen) atoms. The van der Waals surface area contributed by atoms with Gasteiger partial charge >= 0.3 is 6.18 Å². The van der Waals surface area contributed by atoms with Gasteiger partial charge in [-0.2, -0.15) is 13.2 Å². The van der Waals surface area contributed by atoms with Crippen molar-refractivity contribution in [3.63, 3.8) is 0 Å². The monoisotopic (exact) mass is 477 g/mol. The van der Waals surface area contributed by atoms with Crippen LogP contribution in [0.5, 0.6) is 0 Å². The second-order valence-electron chi connectivity index (χ2n) is 8.08. The normalized spacial score (nSPS) is 11.3. The molecule has 5 nitrogen and oxygen atoms in total. The zero-order valence-electron chi connectivity index (χ0n) is 18.8. The Kier molecular flexibility index (Phi) is 6.46. The SMILES string of the molecule is Cn1cc(NC(=O)c2ccccc2-c2ccc(C(F)(F)F)cc2)c(Cc2ccccc2)c1C(N)=O. The third kappa shape index (κ3) is 5.11. The Labute approximate surface area is 200 Å². The summed E-state index contributed by atoms with van der Waals surface area (Å²) in [6.45, 7) is 0. The molecule has 0 atom stereocenters. The van der Waals surface area contributed by atoms with Gasteiger partial charge in [-0.3, -0.25) is 9.59 Å². The van der Waals surface area contributed by atoms with E-state index in [0.29, 0.717) is 28.8 Å². The first-order valence-electron chi connectivity index (χ1n) is 10.7. The minimum absolute atomic E-state index is 0.278. The van der Waals surface area contributed by atoms with Gasteiger partial charge < -0.3 is 15.6 Å². The van der Waals surface area contributed by atoms with Gasteiger partial charge in [-0.1, -0.05) is 60.7 Å². The van der Waals surface area contributed by atoms with Crippen molar-refractivity contribution in [3.05, 3.63) is 113 Å². The maximum absolute atomic E-state index is 13.3. The van der Waals surface area contributed by atoms with Crippen LogP contribution < -0.4 is 11.1 Å². The summed E-state index contributed by atoms with van der Waals surface area (Å²) in [4.78, 5) is 25.5. The van der Waals surface area contributed by atoms with Gasteiger partial charge in [-0.15, -0.1) is 0 Å². The number of hydrogen-bond acceptors (Lipinski definition) is 2. The van der Waals surface area contributed by atoms with Crippen molar-refractivity contribution in [2.24, 2.45) is 12.8 Å². The molecule has 1 aromatic heterocycles. The number of carbonyl (C=O) groups excluding carboxylic acids is 2. The zero-order chi connectivity index (χ0) is 25.2. The molecule has 0 aliphatic carbocycles. The standard InChI is InChI=1S/C27H22F3N3O2/c1-33-16-23(22(24(33)25(31)34)15-17-7-3-2-4-8-17)32-26(35)21-10-6-5-9-20(21)18-11-13-19(14-12-18)27(28,29)30/h2-14,16H,15H2,1H3,(H2,31,34)(H,32,35). The minimum atomic E-state index is -4.45. The molecule has 8 heteroatoms. The van der Waals surface area contributed by atoms with Crippen LogP contribution in [-0.4, -0.2) is 16.4 Å². The molecule has 178 valence electrons. The largest absolute Gasteiger partial charge is 0.416 e. The van der Waals surface area contributed by atoms with Crippen molar-refractivity contribution >= 4 is 17.5 Å². The molecule has 0 bridgehead atoms. The first kappa shape index (κ1) is 23.8. The van der Waals surface area contributed by atoms with Crippen LogP contribution in [0.25, 0.3) is 11.1 Å². The van der Waals surface area contributed by atoms with Crippen LogP contribution in [0, 0.1) is 0 Å². The van der Waals surface area contributed by atoms with E-state index in [9.17, 15) is 22.8 Å². The molecular weight excluding hydrogens is 455 g/mol. The van der Waals surface area contributed by atoms with E-state index in [2.05, 4.69) is 5.32 Å². The Morgan fingerprint density at radius 3 is 2.17 bits per heavy atom. The fourth-order valence-electron chi connectivity index (χ4n) is 4.05. The van der Waals surface area contributed by atoms with Crippen molar-refractivity contribution < 1.29 is 22.8 Å². The lowest BCUT2D eigenvalue weighted by atomic mass is 9.97. The highest BCUT2D eigenvalue weighted by Crippen LogP contribution is 2.32. The summed E-state index contributed by atoms with van der Waals surface area (Å²) in [5.41, 5.74) is 8.29. The van der Waals surface area contributed by atoms with Crippen LogP contribution in [0.15, 0.2) is 85.1 Å². The summed E-state index contributed by atoms with van der Waals surface area (Å²) >= 11 is 0. The number of nitrogens with zero attached hydrogens (tertiary/aromatic N) is 1. The lowest BCUT2D eigenvalue weighted by Crippen LogP contribution is -2.18. The van der Waals surface area contributed by atoms with Crippen molar-refractivity contribution in [3.8, 4) is 11.1 Å². The first-order valence-corrected chi connectivity index (χ1v) is 10.7. The van der Waals surface area contributed by atoms with Crippen LogP contribution in [0.1, 0.15) is 37.5 Å². The predicted octanol–water partition coefficient (Wildman–Crippen LogP) is 5.65. The average Bonchev–Trinajstić information content (AvgIpc) is 3.13.